The van der Waals surface area contributed by atoms with Crippen molar-refractivity contribution in [3.63, 3.8) is 0 Å². The number of alkyl halides is 2. The molecule has 1 aliphatic heterocycles. The van der Waals surface area contributed by atoms with Gasteiger partial charge in [0.05, 0.1) is 0 Å². The van der Waals surface area contributed by atoms with E-state index in [4.69, 9.17) is 14.6 Å². The van der Waals surface area contributed by atoms with Crippen molar-refractivity contribution in [1.82, 2.24) is 0 Å². The molecule has 0 saturated carbocycles. The van der Waals surface area contributed by atoms with Gasteiger partial charge in [-0.3, -0.25) is 0 Å². The van der Waals surface area contributed by atoms with Crippen molar-refractivity contribution in [2.75, 3.05) is 6.79 Å². The minimum atomic E-state index is -2.80. The molecule has 3 nitrogen and oxygen atoms in total. The molecule has 0 aliphatic carbocycles. The lowest BCUT2D eigenvalue weighted by Gasteiger charge is -2.09. The molecule has 0 bridgehead atoms. The van der Waals surface area contributed by atoms with Crippen LogP contribution in [0.3, 0.4) is 0 Å². The monoisotopic (exact) mass is 202 g/mol. The first-order valence-electron chi connectivity index (χ1n) is 4.04. The van der Waals surface area contributed by atoms with Crippen LogP contribution in [0.1, 0.15) is 11.7 Å². The Hall–Kier alpha value is -1.36. The third-order valence-corrected chi connectivity index (χ3v) is 1.98. The van der Waals surface area contributed by atoms with Gasteiger partial charge in [0, 0.05) is 0 Å². The molecule has 5 heteroatoms. The molecule has 1 atom stereocenters. The lowest BCUT2D eigenvalue weighted by Crippen LogP contribution is -2.07. The highest BCUT2D eigenvalue weighted by molar-refractivity contribution is 5.45. The van der Waals surface area contributed by atoms with Crippen molar-refractivity contribution in [2.24, 2.45) is 0 Å². The average molecular weight is 202 g/mol. The highest BCUT2D eigenvalue weighted by Crippen LogP contribution is 2.35. The molecule has 14 heavy (non-hydrogen) atoms. The molecule has 1 aromatic rings. The molecule has 0 spiro atoms. The number of aliphatic hydroxyl groups is 1. The highest BCUT2D eigenvalue weighted by atomic mass is 19.3. The summed E-state index contributed by atoms with van der Waals surface area (Å²) in [4.78, 5) is 0. The van der Waals surface area contributed by atoms with Gasteiger partial charge in [-0.15, -0.1) is 0 Å². The molecule has 0 fully saturated rings. The molecule has 1 N–H and O–H groups in total. The van der Waals surface area contributed by atoms with Crippen LogP contribution in [0.15, 0.2) is 18.2 Å². The Labute approximate surface area is 78.9 Å². The normalized spacial score (nSPS) is 16.0. The zero-order valence-electron chi connectivity index (χ0n) is 7.11. The van der Waals surface area contributed by atoms with Gasteiger partial charge in [0.25, 0.3) is 6.43 Å². The summed E-state index contributed by atoms with van der Waals surface area (Å²) < 4.78 is 34.3. The highest BCUT2D eigenvalue weighted by Gasteiger charge is 2.22. The second-order valence-corrected chi connectivity index (χ2v) is 2.89. The first kappa shape index (κ1) is 9.21. The van der Waals surface area contributed by atoms with Crippen LogP contribution in [0.2, 0.25) is 0 Å². The van der Waals surface area contributed by atoms with Gasteiger partial charge < -0.3 is 14.6 Å². The predicted octanol–water partition coefficient (Wildman–Crippen LogP) is 1.71. The molecule has 1 unspecified atom stereocenters. The molecule has 0 aromatic heterocycles. The fourth-order valence-corrected chi connectivity index (χ4v) is 1.24. The zero-order valence-corrected chi connectivity index (χ0v) is 7.11. The summed E-state index contributed by atoms with van der Waals surface area (Å²) >= 11 is 0. The standard InChI is InChI=1S/C9H8F2O3/c10-9(11)8(12)5-1-2-6-7(3-5)14-4-13-6/h1-3,8-9,12H,4H2. The molecule has 0 amide bonds. The third-order valence-electron chi connectivity index (χ3n) is 1.98. The van der Waals surface area contributed by atoms with Gasteiger partial charge in [0.2, 0.25) is 6.79 Å². The van der Waals surface area contributed by atoms with Gasteiger partial charge in [0.15, 0.2) is 11.5 Å². The number of aliphatic hydroxyl groups excluding tert-OH is 1. The Balaban J connectivity index is 2.28. The largest absolute Gasteiger partial charge is 0.454 e. The zero-order chi connectivity index (χ0) is 10.1. The minimum Gasteiger partial charge on any atom is -0.454 e. The maximum atomic E-state index is 12.1. The Kier molecular flexibility index (Phi) is 2.25. The average Bonchev–Trinajstić information content (AvgIpc) is 2.62. The topological polar surface area (TPSA) is 38.7 Å². The van der Waals surface area contributed by atoms with E-state index >= 15 is 0 Å². The summed E-state index contributed by atoms with van der Waals surface area (Å²) in [5.74, 6) is 0.900. The molecule has 1 aromatic carbocycles. The van der Waals surface area contributed by atoms with Crippen LogP contribution >= 0.6 is 0 Å². The molecular weight excluding hydrogens is 194 g/mol. The Morgan fingerprint density at radius 1 is 1.21 bits per heavy atom. The Morgan fingerprint density at radius 3 is 2.64 bits per heavy atom. The second-order valence-electron chi connectivity index (χ2n) is 2.89. The van der Waals surface area contributed by atoms with Crippen molar-refractivity contribution in [3.05, 3.63) is 23.8 Å². The van der Waals surface area contributed by atoms with Crippen LogP contribution < -0.4 is 9.47 Å². The van der Waals surface area contributed by atoms with Crippen LogP contribution in [0.25, 0.3) is 0 Å². The molecule has 0 saturated heterocycles. The Morgan fingerprint density at radius 2 is 1.93 bits per heavy atom. The van der Waals surface area contributed by atoms with Crippen LogP contribution in [0, 0.1) is 0 Å². The maximum Gasteiger partial charge on any atom is 0.268 e. The van der Waals surface area contributed by atoms with Crippen LogP contribution in [0.4, 0.5) is 8.78 Å². The van der Waals surface area contributed by atoms with E-state index < -0.39 is 12.5 Å². The molecule has 2 rings (SSSR count). The van der Waals surface area contributed by atoms with Crippen LogP contribution in [-0.2, 0) is 0 Å². The summed E-state index contributed by atoms with van der Waals surface area (Å²) in [5.41, 5.74) is 0.129. The molecule has 0 radical (unpaired) electrons. The summed E-state index contributed by atoms with van der Waals surface area (Å²) in [6.07, 6.45) is -4.57. The minimum absolute atomic E-state index is 0.0869. The molecule has 1 heterocycles. The van der Waals surface area contributed by atoms with Crippen molar-refractivity contribution in [3.8, 4) is 11.5 Å². The number of hydrogen-bond donors (Lipinski definition) is 1. The van der Waals surface area contributed by atoms with Gasteiger partial charge in [-0.2, -0.15) is 0 Å². The van der Waals surface area contributed by atoms with Crippen LogP contribution in [-0.4, -0.2) is 18.3 Å². The van der Waals surface area contributed by atoms with Gasteiger partial charge in [0.1, 0.15) is 6.10 Å². The van der Waals surface area contributed by atoms with E-state index in [0.717, 1.165) is 0 Å². The smallest absolute Gasteiger partial charge is 0.268 e. The lowest BCUT2D eigenvalue weighted by molar-refractivity contribution is -0.00585. The van der Waals surface area contributed by atoms with Gasteiger partial charge in [-0.1, -0.05) is 6.07 Å². The number of hydrogen-bond acceptors (Lipinski definition) is 3. The van der Waals surface area contributed by atoms with Crippen molar-refractivity contribution < 1.29 is 23.4 Å². The Bertz CT molecular complexity index is 341. The maximum absolute atomic E-state index is 12.1. The number of halogens is 2. The van der Waals surface area contributed by atoms with Crippen molar-refractivity contribution in [2.45, 2.75) is 12.5 Å². The fourth-order valence-electron chi connectivity index (χ4n) is 1.24. The van der Waals surface area contributed by atoms with Gasteiger partial charge in [-0.05, 0) is 17.7 Å². The van der Waals surface area contributed by atoms with Gasteiger partial charge in [-0.25, -0.2) is 8.78 Å². The van der Waals surface area contributed by atoms with E-state index in [9.17, 15) is 8.78 Å². The van der Waals surface area contributed by atoms with E-state index in [2.05, 4.69) is 0 Å². The van der Waals surface area contributed by atoms with E-state index in [1.54, 1.807) is 0 Å². The van der Waals surface area contributed by atoms with Crippen LogP contribution in [0.5, 0.6) is 11.5 Å². The first-order chi connectivity index (χ1) is 6.68. The van der Waals surface area contributed by atoms with Crippen molar-refractivity contribution in [1.29, 1.82) is 0 Å². The number of benzene rings is 1. The predicted molar refractivity (Wildman–Crippen MR) is 43.5 cm³/mol. The second kappa shape index (κ2) is 3.42. The molecular formula is C9H8F2O3. The number of ether oxygens (including phenoxy) is 2. The summed E-state index contributed by atoms with van der Waals surface area (Å²) in [6.45, 7) is 0.0869. The fraction of sp³-hybridized carbons (Fsp3) is 0.333. The summed E-state index contributed by atoms with van der Waals surface area (Å²) in [5, 5.41) is 9.08. The summed E-state index contributed by atoms with van der Waals surface area (Å²) in [6, 6.07) is 4.26. The third kappa shape index (κ3) is 1.50. The molecule has 76 valence electrons. The SMILES string of the molecule is OC(c1ccc2c(c1)OCO2)C(F)F. The first-order valence-corrected chi connectivity index (χ1v) is 4.04. The quantitative estimate of drug-likeness (QED) is 0.793. The number of fused-ring (bicyclic) bond motifs is 1. The summed E-state index contributed by atoms with van der Waals surface area (Å²) in [7, 11) is 0. The van der Waals surface area contributed by atoms with E-state index in [0.29, 0.717) is 11.5 Å². The van der Waals surface area contributed by atoms with E-state index in [-0.39, 0.29) is 12.4 Å². The van der Waals surface area contributed by atoms with E-state index in [1.165, 1.54) is 18.2 Å². The lowest BCUT2D eigenvalue weighted by atomic mass is 10.1. The van der Waals surface area contributed by atoms with Crippen molar-refractivity contribution >= 4 is 0 Å². The van der Waals surface area contributed by atoms with E-state index in [1.807, 2.05) is 0 Å². The molecule has 1 aliphatic rings. The number of rotatable bonds is 2. The van der Waals surface area contributed by atoms with Gasteiger partial charge >= 0.3 is 0 Å².